The molecular weight excluding hydrogens is 300 g/mol. The first-order valence-electron chi connectivity index (χ1n) is 7.66. The summed E-state index contributed by atoms with van der Waals surface area (Å²) in [5, 5.41) is 2.91. The lowest BCUT2D eigenvalue weighted by atomic mass is 10.1. The van der Waals surface area contributed by atoms with E-state index < -0.39 is 6.03 Å². The van der Waals surface area contributed by atoms with Crippen molar-refractivity contribution in [3.8, 4) is 0 Å². The number of benzene rings is 2. The first-order chi connectivity index (χ1) is 11.6. The molecule has 0 spiro atoms. The number of primary amides is 1. The summed E-state index contributed by atoms with van der Waals surface area (Å²) in [5.41, 5.74) is 8.46. The lowest BCUT2D eigenvalue weighted by Crippen LogP contribution is -2.32. The van der Waals surface area contributed by atoms with Gasteiger partial charge in [0.25, 0.3) is 0 Å². The summed E-state index contributed by atoms with van der Waals surface area (Å²) in [6, 6.07) is 16.9. The SMILES string of the molecule is Cc1cc2cc(N(C(N)=O)c3nccc4ccccc34)ccc2[nH]1. The van der Waals surface area contributed by atoms with Gasteiger partial charge in [0.1, 0.15) is 5.82 Å². The molecule has 5 nitrogen and oxygen atoms in total. The minimum Gasteiger partial charge on any atom is -0.359 e. The van der Waals surface area contributed by atoms with Crippen molar-refractivity contribution >= 4 is 39.2 Å². The van der Waals surface area contributed by atoms with Gasteiger partial charge < -0.3 is 10.7 Å². The Morgan fingerprint density at radius 2 is 1.92 bits per heavy atom. The van der Waals surface area contributed by atoms with E-state index in [0.29, 0.717) is 11.5 Å². The standard InChI is InChI=1S/C19H16N4O/c1-12-10-14-11-15(6-7-17(14)22-12)23(19(20)24)18-16-5-3-2-4-13(16)8-9-21-18/h2-11,22H,1H3,(H2,20,24). The highest BCUT2D eigenvalue weighted by atomic mass is 16.2. The number of urea groups is 1. The maximum atomic E-state index is 12.2. The largest absolute Gasteiger partial charge is 0.359 e. The van der Waals surface area contributed by atoms with Crippen molar-refractivity contribution in [3.63, 3.8) is 0 Å². The molecule has 0 unspecified atom stereocenters. The Morgan fingerprint density at radius 3 is 2.75 bits per heavy atom. The van der Waals surface area contributed by atoms with Gasteiger partial charge in [-0.2, -0.15) is 0 Å². The number of nitrogens with zero attached hydrogens (tertiary/aromatic N) is 2. The number of H-pyrrole nitrogens is 1. The zero-order chi connectivity index (χ0) is 16.7. The van der Waals surface area contributed by atoms with Crippen LogP contribution in [0.15, 0.2) is 60.8 Å². The molecule has 0 saturated carbocycles. The normalized spacial score (nSPS) is 11.0. The van der Waals surface area contributed by atoms with Gasteiger partial charge >= 0.3 is 6.03 Å². The van der Waals surface area contributed by atoms with Crippen molar-refractivity contribution < 1.29 is 4.79 Å². The van der Waals surface area contributed by atoms with E-state index in [2.05, 4.69) is 9.97 Å². The van der Waals surface area contributed by atoms with Crippen LogP contribution in [0.4, 0.5) is 16.3 Å². The van der Waals surface area contributed by atoms with Gasteiger partial charge in [0.2, 0.25) is 0 Å². The Kier molecular flexibility index (Phi) is 3.20. The average Bonchev–Trinajstić information content (AvgIpc) is 2.94. The second kappa shape index (κ2) is 5.38. The van der Waals surface area contributed by atoms with E-state index in [1.54, 1.807) is 6.20 Å². The number of aryl methyl sites for hydroxylation is 1. The predicted molar refractivity (Wildman–Crippen MR) is 96.5 cm³/mol. The molecule has 0 bridgehead atoms. The Balaban J connectivity index is 1.94. The summed E-state index contributed by atoms with van der Waals surface area (Å²) < 4.78 is 0. The van der Waals surface area contributed by atoms with Gasteiger partial charge in [-0.25, -0.2) is 14.7 Å². The van der Waals surface area contributed by atoms with Crippen LogP contribution in [0.25, 0.3) is 21.7 Å². The number of carbonyl (C=O) groups excluding carboxylic acids is 1. The van der Waals surface area contributed by atoms with Crippen LogP contribution in [0.5, 0.6) is 0 Å². The number of hydrogen-bond acceptors (Lipinski definition) is 2. The molecule has 0 aliphatic heterocycles. The number of amides is 2. The van der Waals surface area contributed by atoms with E-state index in [4.69, 9.17) is 5.73 Å². The molecule has 5 heteroatoms. The van der Waals surface area contributed by atoms with Gasteiger partial charge in [-0.05, 0) is 42.6 Å². The van der Waals surface area contributed by atoms with Crippen molar-refractivity contribution in [2.45, 2.75) is 6.92 Å². The van der Waals surface area contributed by atoms with Crippen LogP contribution in [0.2, 0.25) is 0 Å². The molecule has 0 atom stereocenters. The smallest absolute Gasteiger partial charge is 0.325 e. The fraction of sp³-hybridized carbons (Fsp3) is 0.0526. The van der Waals surface area contributed by atoms with E-state index in [1.165, 1.54) is 4.90 Å². The summed E-state index contributed by atoms with van der Waals surface area (Å²) in [5.74, 6) is 0.534. The van der Waals surface area contributed by atoms with Crippen LogP contribution in [0, 0.1) is 6.92 Å². The average molecular weight is 316 g/mol. The molecule has 2 aromatic carbocycles. The summed E-state index contributed by atoms with van der Waals surface area (Å²) in [6.07, 6.45) is 1.69. The fourth-order valence-corrected chi connectivity index (χ4v) is 3.04. The predicted octanol–water partition coefficient (Wildman–Crippen LogP) is 4.24. The van der Waals surface area contributed by atoms with Crippen molar-refractivity contribution in [2.75, 3.05) is 4.90 Å². The summed E-state index contributed by atoms with van der Waals surface area (Å²) in [6.45, 7) is 2.00. The lowest BCUT2D eigenvalue weighted by molar-refractivity contribution is 0.256. The molecule has 0 fully saturated rings. The molecule has 0 radical (unpaired) electrons. The zero-order valence-electron chi connectivity index (χ0n) is 13.2. The molecule has 4 aromatic rings. The van der Waals surface area contributed by atoms with E-state index in [9.17, 15) is 4.79 Å². The highest BCUT2D eigenvalue weighted by Crippen LogP contribution is 2.32. The monoisotopic (exact) mass is 316 g/mol. The third-order valence-corrected chi connectivity index (χ3v) is 4.08. The van der Waals surface area contributed by atoms with E-state index >= 15 is 0 Å². The Morgan fingerprint density at radius 1 is 1.08 bits per heavy atom. The highest BCUT2D eigenvalue weighted by Gasteiger charge is 2.19. The second-order valence-electron chi connectivity index (χ2n) is 5.75. The second-order valence-corrected chi connectivity index (χ2v) is 5.75. The number of carbonyl (C=O) groups is 1. The number of rotatable bonds is 2. The van der Waals surface area contributed by atoms with Crippen LogP contribution in [-0.4, -0.2) is 16.0 Å². The molecule has 4 rings (SSSR count). The number of pyridine rings is 1. The van der Waals surface area contributed by atoms with Crippen molar-refractivity contribution in [1.82, 2.24) is 9.97 Å². The first-order valence-corrected chi connectivity index (χ1v) is 7.66. The highest BCUT2D eigenvalue weighted by molar-refractivity contribution is 6.06. The number of aromatic nitrogens is 2. The minimum absolute atomic E-state index is 0.534. The van der Waals surface area contributed by atoms with Crippen LogP contribution < -0.4 is 10.6 Å². The quantitative estimate of drug-likeness (QED) is 0.580. The van der Waals surface area contributed by atoms with E-state index in [1.807, 2.05) is 61.5 Å². The van der Waals surface area contributed by atoms with E-state index in [-0.39, 0.29) is 0 Å². The Labute approximate surface area is 138 Å². The van der Waals surface area contributed by atoms with Crippen molar-refractivity contribution in [2.24, 2.45) is 5.73 Å². The van der Waals surface area contributed by atoms with Crippen LogP contribution in [-0.2, 0) is 0 Å². The summed E-state index contributed by atoms with van der Waals surface area (Å²) in [7, 11) is 0. The molecule has 2 amide bonds. The molecule has 0 aliphatic rings. The molecule has 0 saturated heterocycles. The van der Waals surface area contributed by atoms with Crippen molar-refractivity contribution in [1.29, 1.82) is 0 Å². The van der Waals surface area contributed by atoms with Gasteiger partial charge in [0, 0.05) is 28.2 Å². The summed E-state index contributed by atoms with van der Waals surface area (Å²) >= 11 is 0. The molecule has 2 aromatic heterocycles. The first kappa shape index (κ1) is 14.3. The summed E-state index contributed by atoms with van der Waals surface area (Å²) in [4.78, 5) is 21.3. The van der Waals surface area contributed by atoms with Crippen molar-refractivity contribution in [3.05, 3.63) is 66.5 Å². The molecule has 118 valence electrons. The zero-order valence-corrected chi connectivity index (χ0v) is 13.2. The fourth-order valence-electron chi connectivity index (χ4n) is 3.04. The van der Waals surface area contributed by atoms with Gasteiger partial charge in [-0.15, -0.1) is 0 Å². The third kappa shape index (κ3) is 2.27. The van der Waals surface area contributed by atoms with Gasteiger partial charge in [-0.3, -0.25) is 0 Å². The minimum atomic E-state index is -0.564. The number of anilines is 2. The number of nitrogens with two attached hydrogens (primary N) is 1. The number of hydrogen-bond donors (Lipinski definition) is 2. The number of fused-ring (bicyclic) bond motifs is 2. The molecule has 3 N–H and O–H groups in total. The van der Waals surface area contributed by atoms with Gasteiger partial charge in [0.15, 0.2) is 0 Å². The maximum absolute atomic E-state index is 12.2. The number of nitrogens with one attached hydrogen (secondary N) is 1. The third-order valence-electron chi connectivity index (χ3n) is 4.08. The topological polar surface area (TPSA) is 75.0 Å². The number of aromatic amines is 1. The molecule has 2 heterocycles. The van der Waals surface area contributed by atoms with Crippen LogP contribution in [0.1, 0.15) is 5.69 Å². The van der Waals surface area contributed by atoms with Crippen LogP contribution >= 0.6 is 0 Å². The Hall–Kier alpha value is -3.34. The van der Waals surface area contributed by atoms with E-state index in [0.717, 1.165) is 27.4 Å². The van der Waals surface area contributed by atoms with Gasteiger partial charge in [-0.1, -0.05) is 24.3 Å². The lowest BCUT2D eigenvalue weighted by Gasteiger charge is -2.21. The van der Waals surface area contributed by atoms with Crippen LogP contribution in [0.3, 0.4) is 0 Å². The molecule has 0 aliphatic carbocycles. The molecule has 24 heavy (non-hydrogen) atoms. The Bertz CT molecular complexity index is 1060. The maximum Gasteiger partial charge on any atom is 0.325 e. The molecular formula is C19H16N4O. The van der Waals surface area contributed by atoms with Gasteiger partial charge in [0.05, 0.1) is 5.69 Å².